The van der Waals surface area contributed by atoms with Crippen molar-refractivity contribution in [3.8, 4) is 18.1 Å². The number of aromatic nitrogens is 3. The average molecular weight is 560 g/mol. The van der Waals surface area contributed by atoms with E-state index in [1.807, 2.05) is 6.92 Å². The van der Waals surface area contributed by atoms with Gasteiger partial charge in [-0.2, -0.15) is 5.09 Å². The van der Waals surface area contributed by atoms with E-state index in [9.17, 15) is 19.6 Å². The summed E-state index contributed by atoms with van der Waals surface area (Å²) in [5.41, 5.74) is 4.01. The van der Waals surface area contributed by atoms with Gasteiger partial charge in [0.1, 0.15) is 41.8 Å². The summed E-state index contributed by atoms with van der Waals surface area (Å²) in [6.45, 7) is 2.94. The number of terminal acetylenes is 1. The Morgan fingerprint density at radius 1 is 1.36 bits per heavy atom. The summed E-state index contributed by atoms with van der Waals surface area (Å²) in [6.07, 6.45) is 4.78. The SMILES string of the molecule is C#C[C@@]1(O)[C@H](O)[C@@H](COP(=O)(N[C@@H](C)C(=O)OCCC)Oc2ccccc2)O[C@H]1n1ccc2c(N)ncnc21. The maximum Gasteiger partial charge on any atom is 0.459 e. The number of benzene rings is 1. The standard InChI is InChI=1S/C25H30N5O8P/c1-4-13-35-23(32)16(3)29-39(34,38-17-9-7-6-8-10-17)36-14-19-20(31)25(33,5-2)24(37-19)30-12-11-18-21(26)27-15-28-22(18)30/h2,6-12,15-16,19-20,24,31,33H,4,13-14H2,1,3H3,(H,29,34)(H2,26,27,28)/t16-,19+,20+,24+,25+,39?/m0/s1. The largest absolute Gasteiger partial charge is 0.465 e. The Bertz CT molecular complexity index is 1400. The highest BCUT2D eigenvalue weighted by atomic mass is 31.2. The van der Waals surface area contributed by atoms with Gasteiger partial charge in [-0.3, -0.25) is 9.32 Å². The van der Waals surface area contributed by atoms with Crippen molar-refractivity contribution in [2.75, 3.05) is 18.9 Å². The molecule has 0 bridgehead atoms. The first-order valence-corrected chi connectivity index (χ1v) is 13.7. The molecule has 1 aliphatic rings. The molecule has 39 heavy (non-hydrogen) atoms. The van der Waals surface area contributed by atoms with E-state index in [0.717, 1.165) is 0 Å². The quantitative estimate of drug-likeness (QED) is 0.152. The Hall–Kier alpha value is -3.50. The molecule has 0 amide bonds. The molecule has 13 nitrogen and oxygen atoms in total. The summed E-state index contributed by atoms with van der Waals surface area (Å²) in [4.78, 5) is 20.4. The van der Waals surface area contributed by atoms with E-state index in [2.05, 4.69) is 21.0 Å². The van der Waals surface area contributed by atoms with Crippen LogP contribution in [0.5, 0.6) is 5.75 Å². The van der Waals surface area contributed by atoms with E-state index in [4.69, 9.17) is 30.7 Å². The Kier molecular flexibility index (Phi) is 8.56. The van der Waals surface area contributed by atoms with E-state index >= 15 is 0 Å². The Labute approximate surface area is 224 Å². The monoisotopic (exact) mass is 559 g/mol. The molecule has 208 valence electrons. The molecule has 1 unspecified atom stereocenters. The predicted octanol–water partition coefficient (Wildman–Crippen LogP) is 1.77. The first kappa shape index (κ1) is 28.5. The molecule has 14 heteroatoms. The Morgan fingerprint density at radius 2 is 2.10 bits per heavy atom. The number of nitrogens with zero attached hydrogens (tertiary/aromatic N) is 3. The van der Waals surface area contributed by atoms with E-state index in [0.29, 0.717) is 17.5 Å². The summed E-state index contributed by atoms with van der Waals surface area (Å²) >= 11 is 0. The second-order valence-electron chi connectivity index (χ2n) is 8.88. The van der Waals surface area contributed by atoms with Crippen LogP contribution in [0.3, 0.4) is 0 Å². The van der Waals surface area contributed by atoms with Gasteiger partial charge < -0.3 is 34.5 Å². The van der Waals surface area contributed by atoms with Gasteiger partial charge in [0.05, 0.1) is 18.6 Å². The molecule has 0 spiro atoms. The van der Waals surface area contributed by atoms with Crippen LogP contribution < -0.4 is 15.3 Å². The number of aliphatic hydroxyl groups excluding tert-OH is 1. The maximum absolute atomic E-state index is 13.7. The topological polar surface area (TPSA) is 180 Å². The van der Waals surface area contributed by atoms with Crippen molar-refractivity contribution in [1.82, 2.24) is 19.6 Å². The first-order valence-electron chi connectivity index (χ1n) is 12.2. The number of hydrogen-bond donors (Lipinski definition) is 4. The summed E-state index contributed by atoms with van der Waals surface area (Å²) in [7, 11) is -4.26. The number of nitrogen functional groups attached to an aromatic ring is 1. The maximum atomic E-state index is 13.7. The molecular formula is C25H30N5O8P. The second-order valence-corrected chi connectivity index (χ2v) is 10.6. The third kappa shape index (κ3) is 5.91. The zero-order valence-corrected chi connectivity index (χ0v) is 22.2. The Morgan fingerprint density at radius 3 is 2.79 bits per heavy atom. The van der Waals surface area contributed by atoms with Crippen molar-refractivity contribution in [3.63, 3.8) is 0 Å². The van der Waals surface area contributed by atoms with Gasteiger partial charge in [0, 0.05) is 6.20 Å². The van der Waals surface area contributed by atoms with E-state index in [1.165, 1.54) is 24.0 Å². The molecule has 1 aliphatic heterocycles. The van der Waals surface area contributed by atoms with Crippen LogP contribution in [0.25, 0.3) is 11.0 Å². The number of hydrogen-bond acceptors (Lipinski definition) is 11. The van der Waals surface area contributed by atoms with Crippen molar-refractivity contribution in [2.45, 2.75) is 50.3 Å². The predicted molar refractivity (Wildman–Crippen MR) is 140 cm³/mol. The normalized spacial score (nSPS) is 25.1. The first-order chi connectivity index (χ1) is 18.6. The van der Waals surface area contributed by atoms with E-state index in [-0.39, 0.29) is 18.2 Å². The van der Waals surface area contributed by atoms with E-state index in [1.54, 1.807) is 36.4 Å². The number of nitrogens with one attached hydrogen (secondary N) is 1. The van der Waals surface area contributed by atoms with Gasteiger partial charge in [-0.05, 0) is 31.5 Å². The third-order valence-electron chi connectivity index (χ3n) is 6.04. The number of ether oxygens (including phenoxy) is 2. The number of carbonyl (C=O) groups excluding carboxylic acids is 1. The number of esters is 1. The van der Waals surface area contributed by atoms with Crippen LogP contribution in [0.2, 0.25) is 0 Å². The number of para-hydroxylation sites is 1. The minimum Gasteiger partial charge on any atom is -0.465 e. The molecule has 1 fully saturated rings. The van der Waals surface area contributed by atoms with Crippen LogP contribution in [0.15, 0.2) is 48.9 Å². The number of fused-ring (bicyclic) bond motifs is 1. The van der Waals surface area contributed by atoms with Gasteiger partial charge in [0.2, 0.25) is 0 Å². The van der Waals surface area contributed by atoms with Crippen molar-refractivity contribution in [2.24, 2.45) is 0 Å². The van der Waals surface area contributed by atoms with Crippen LogP contribution >= 0.6 is 7.75 Å². The molecule has 6 atom stereocenters. The summed E-state index contributed by atoms with van der Waals surface area (Å²) in [5, 5.41) is 25.2. The fraction of sp³-hybridized carbons (Fsp3) is 0.400. The van der Waals surface area contributed by atoms with Gasteiger partial charge in [-0.1, -0.05) is 31.0 Å². The molecule has 0 radical (unpaired) electrons. The molecular weight excluding hydrogens is 529 g/mol. The van der Waals surface area contributed by atoms with Crippen LogP contribution in [0, 0.1) is 12.3 Å². The van der Waals surface area contributed by atoms with Crippen LogP contribution in [0.4, 0.5) is 5.82 Å². The van der Waals surface area contributed by atoms with Crippen LogP contribution in [-0.4, -0.2) is 67.8 Å². The number of rotatable bonds is 11. The molecule has 1 aromatic carbocycles. The van der Waals surface area contributed by atoms with Crippen LogP contribution in [0.1, 0.15) is 26.5 Å². The van der Waals surface area contributed by atoms with Gasteiger partial charge in [-0.15, -0.1) is 6.42 Å². The van der Waals surface area contributed by atoms with Gasteiger partial charge in [0.25, 0.3) is 0 Å². The molecule has 3 heterocycles. The van der Waals surface area contributed by atoms with E-state index < -0.39 is 50.4 Å². The molecule has 0 aliphatic carbocycles. The number of carbonyl (C=O) groups is 1. The Balaban J connectivity index is 1.56. The number of nitrogens with two attached hydrogens (primary N) is 1. The zero-order valence-electron chi connectivity index (χ0n) is 21.3. The fourth-order valence-corrected chi connectivity index (χ4v) is 5.52. The van der Waals surface area contributed by atoms with Gasteiger partial charge in [0.15, 0.2) is 11.8 Å². The lowest BCUT2D eigenvalue weighted by Crippen LogP contribution is -2.46. The second kappa shape index (κ2) is 11.7. The molecule has 2 aromatic heterocycles. The lowest BCUT2D eigenvalue weighted by atomic mass is 9.95. The lowest BCUT2D eigenvalue weighted by molar-refractivity contribution is -0.145. The van der Waals surface area contributed by atoms with Crippen molar-refractivity contribution in [1.29, 1.82) is 0 Å². The van der Waals surface area contributed by atoms with Gasteiger partial charge >= 0.3 is 13.7 Å². The van der Waals surface area contributed by atoms with Crippen molar-refractivity contribution >= 4 is 30.6 Å². The molecule has 3 aromatic rings. The van der Waals surface area contributed by atoms with Crippen molar-refractivity contribution in [3.05, 3.63) is 48.9 Å². The molecule has 1 saturated heterocycles. The van der Waals surface area contributed by atoms with Gasteiger partial charge in [-0.25, -0.2) is 14.5 Å². The third-order valence-corrected chi connectivity index (χ3v) is 7.68. The highest BCUT2D eigenvalue weighted by Crippen LogP contribution is 2.47. The zero-order chi connectivity index (χ0) is 28.2. The number of aliphatic hydroxyl groups is 2. The highest BCUT2D eigenvalue weighted by molar-refractivity contribution is 7.52. The summed E-state index contributed by atoms with van der Waals surface area (Å²) in [5.74, 6) is 1.94. The van der Waals surface area contributed by atoms with Crippen LogP contribution in [-0.2, 0) is 23.4 Å². The smallest absolute Gasteiger partial charge is 0.459 e. The summed E-state index contributed by atoms with van der Waals surface area (Å²) in [6, 6.07) is 8.73. The number of anilines is 1. The summed E-state index contributed by atoms with van der Waals surface area (Å²) < 4.78 is 37.4. The molecule has 5 N–H and O–H groups in total. The molecule has 0 saturated carbocycles. The molecule has 4 rings (SSSR count). The minimum atomic E-state index is -4.26. The minimum absolute atomic E-state index is 0.189. The average Bonchev–Trinajstić information content (AvgIpc) is 3.46. The lowest BCUT2D eigenvalue weighted by Gasteiger charge is -2.26. The highest BCUT2D eigenvalue weighted by Gasteiger charge is 2.56. The van der Waals surface area contributed by atoms with Crippen molar-refractivity contribution < 1.29 is 38.1 Å². The fourth-order valence-electron chi connectivity index (χ4n) is 4.02.